The number of anilines is 1. The highest BCUT2D eigenvalue weighted by molar-refractivity contribution is 6.05. The number of H-pyrrole nitrogens is 1. The normalized spacial score (nSPS) is 10.8. The molecule has 5 heteroatoms. The van der Waals surface area contributed by atoms with E-state index in [2.05, 4.69) is 10.3 Å². The number of carbonyl (C=O) groups is 1. The zero-order chi connectivity index (χ0) is 15.0. The number of aryl methyl sites for hydroxylation is 1. The molecule has 2 N–H and O–H groups in total. The fourth-order valence-corrected chi connectivity index (χ4v) is 2.14. The maximum atomic E-state index is 13.7. The number of rotatable bonds is 2. The minimum atomic E-state index is -0.495. The predicted octanol–water partition coefficient (Wildman–Crippen LogP) is 4.01. The molecule has 1 aromatic heterocycles. The highest BCUT2D eigenvalue weighted by Gasteiger charge is 2.12. The first kappa shape index (κ1) is 13.3. The molecule has 3 nitrogen and oxygen atoms in total. The van der Waals surface area contributed by atoms with Gasteiger partial charge in [0.2, 0.25) is 0 Å². The van der Waals surface area contributed by atoms with Crippen LogP contribution in [0.25, 0.3) is 10.9 Å². The van der Waals surface area contributed by atoms with Crippen LogP contribution in [0.1, 0.15) is 16.1 Å². The van der Waals surface area contributed by atoms with E-state index in [-0.39, 0.29) is 17.2 Å². The molecule has 21 heavy (non-hydrogen) atoms. The molecule has 0 fully saturated rings. The number of benzene rings is 2. The first-order valence-electron chi connectivity index (χ1n) is 6.39. The van der Waals surface area contributed by atoms with Gasteiger partial charge in [-0.3, -0.25) is 4.79 Å². The van der Waals surface area contributed by atoms with Crippen LogP contribution in [0.3, 0.4) is 0 Å². The average molecular weight is 286 g/mol. The van der Waals surface area contributed by atoms with Gasteiger partial charge in [0.15, 0.2) is 0 Å². The Hall–Kier alpha value is -2.69. The van der Waals surface area contributed by atoms with Crippen LogP contribution in [0.5, 0.6) is 0 Å². The fourth-order valence-electron chi connectivity index (χ4n) is 2.14. The van der Waals surface area contributed by atoms with Gasteiger partial charge in [0, 0.05) is 10.9 Å². The lowest BCUT2D eigenvalue weighted by Crippen LogP contribution is -2.13. The van der Waals surface area contributed by atoms with Crippen molar-refractivity contribution in [2.75, 3.05) is 5.32 Å². The molecule has 0 saturated heterocycles. The molecule has 0 aliphatic heterocycles. The molecule has 0 saturated carbocycles. The summed E-state index contributed by atoms with van der Waals surface area (Å²) in [4.78, 5) is 15.0. The summed E-state index contributed by atoms with van der Waals surface area (Å²) in [5.74, 6) is -1.35. The SMILES string of the molecule is Cc1ccc(NC(=O)c2cc3cc(F)ccc3[nH]2)c(F)c1. The van der Waals surface area contributed by atoms with Gasteiger partial charge >= 0.3 is 0 Å². The largest absolute Gasteiger partial charge is 0.351 e. The Kier molecular flexibility index (Phi) is 3.17. The van der Waals surface area contributed by atoms with Gasteiger partial charge in [-0.15, -0.1) is 0 Å². The highest BCUT2D eigenvalue weighted by atomic mass is 19.1. The number of amides is 1. The first-order chi connectivity index (χ1) is 10.0. The first-order valence-corrected chi connectivity index (χ1v) is 6.39. The van der Waals surface area contributed by atoms with Gasteiger partial charge in [0.1, 0.15) is 17.3 Å². The van der Waals surface area contributed by atoms with E-state index in [9.17, 15) is 13.6 Å². The van der Waals surface area contributed by atoms with Crippen molar-refractivity contribution in [3.8, 4) is 0 Å². The summed E-state index contributed by atoms with van der Waals surface area (Å²) in [5, 5.41) is 3.08. The summed E-state index contributed by atoms with van der Waals surface area (Å²) in [6.07, 6.45) is 0. The lowest BCUT2D eigenvalue weighted by Gasteiger charge is -2.05. The summed E-state index contributed by atoms with van der Waals surface area (Å²) in [6.45, 7) is 1.76. The van der Waals surface area contributed by atoms with Crippen LogP contribution in [0.15, 0.2) is 42.5 Å². The number of halogens is 2. The Bertz CT molecular complexity index is 839. The third-order valence-corrected chi connectivity index (χ3v) is 3.20. The third kappa shape index (κ3) is 2.63. The zero-order valence-electron chi connectivity index (χ0n) is 11.2. The minimum absolute atomic E-state index is 0.107. The van der Waals surface area contributed by atoms with Gasteiger partial charge in [0.05, 0.1) is 5.69 Å². The summed E-state index contributed by atoms with van der Waals surface area (Å²) in [7, 11) is 0. The average Bonchev–Trinajstić information content (AvgIpc) is 2.85. The molecule has 0 radical (unpaired) electrons. The quantitative estimate of drug-likeness (QED) is 0.734. The standard InChI is InChI=1S/C16H12F2N2O/c1-9-2-4-14(12(18)6-9)20-16(21)15-8-10-7-11(17)3-5-13(10)19-15/h2-8,19H,1H3,(H,20,21). The molecule has 0 aliphatic rings. The number of carbonyl (C=O) groups excluding carboxylic acids is 1. The van der Waals surface area contributed by atoms with E-state index in [4.69, 9.17) is 0 Å². The smallest absolute Gasteiger partial charge is 0.272 e. The Morgan fingerprint density at radius 3 is 2.67 bits per heavy atom. The molecule has 0 spiro atoms. The zero-order valence-corrected chi connectivity index (χ0v) is 11.2. The summed E-state index contributed by atoms with van der Waals surface area (Å²) < 4.78 is 26.8. The van der Waals surface area contributed by atoms with Crippen molar-refractivity contribution in [3.05, 3.63) is 65.4 Å². The molecule has 106 valence electrons. The Morgan fingerprint density at radius 1 is 1.10 bits per heavy atom. The number of aromatic nitrogens is 1. The summed E-state index contributed by atoms with van der Waals surface area (Å²) in [5.41, 5.74) is 1.77. The number of fused-ring (bicyclic) bond motifs is 1. The molecule has 3 rings (SSSR count). The van der Waals surface area contributed by atoms with Crippen molar-refractivity contribution >= 4 is 22.5 Å². The van der Waals surface area contributed by atoms with Gasteiger partial charge in [-0.2, -0.15) is 0 Å². The molecule has 1 heterocycles. The second-order valence-electron chi connectivity index (χ2n) is 4.85. The van der Waals surface area contributed by atoms with E-state index in [1.165, 1.54) is 30.3 Å². The van der Waals surface area contributed by atoms with Crippen molar-refractivity contribution < 1.29 is 13.6 Å². The van der Waals surface area contributed by atoms with Crippen molar-refractivity contribution in [3.63, 3.8) is 0 Å². The number of aromatic amines is 1. The molecule has 2 aromatic carbocycles. The van der Waals surface area contributed by atoms with Crippen molar-refractivity contribution in [1.82, 2.24) is 4.98 Å². The molecule has 0 aliphatic carbocycles. The third-order valence-electron chi connectivity index (χ3n) is 3.20. The van der Waals surface area contributed by atoms with Gasteiger partial charge in [-0.05, 0) is 48.9 Å². The van der Waals surface area contributed by atoms with Crippen molar-refractivity contribution in [2.24, 2.45) is 0 Å². The van der Waals surface area contributed by atoms with Gasteiger partial charge in [-0.1, -0.05) is 6.07 Å². The summed E-state index contributed by atoms with van der Waals surface area (Å²) >= 11 is 0. The molecule has 3 aromatic rings. The Balaban J connectivity index is 1.89. The van der Waals surface area contributed by atoms with Crippen molar-refractivity contribution in [2.45, 2.75) is 6.92 Å². The molecule has 0 unspecified atom stereocenters. The van der Waals surface area contributed by atoms with Crippen LogP contribution >= 0.6 is 0 Å². The van der Waals surface area contributed by atoms with Crippen LogP contribution < -0.4 is 5.32 Å². The predicted molar refractivity (Wildman–Crippen MR) is 77.3 cm³/mol. The maximum Gasteiger partial charge on any atom is 0.272 e. The molecule has 1 amide bonds. The van der Waals surface area contributed by atoms with E-state index < -0.39 is 11.7 Å². The van der Waals surface area contributed by atoms with Crippen LogP contribution in [0, 0.1) is 18.6 Å². The Morgan fingerprint density at radius 2 is 1.90 bits per heavy atom. The molecule has 0 bridgehead atoms. The van der Waals surface area contributed by atoms with Crippen LogP contribution in [-0.4, -0.2) is 10.9 Å². The van der Waals surface area contributed by atoms with E-state index in [0.717, 1.165) is 5.56 Å². The van der Waals surface area contributed by atoms with Crippen LogP contribution in [0.4, 0.5) is 14.5 Å². The number of hydrogen-bond acceptors (Lipinski definition) is 1. The van der Waals surface area contributed by atoms with Crippen LogP contribution in [0.2, 0.25) is 0 Å². The Labute approximate surface area is 119 Å². The minimum Gasteiger partial charge on any atom is -0.351 e. The number of nitrogens with one attached hydrogen (secondary N) is 2. The van der Waals surface area contributed by atoms with Gasteiger partial charge < -0.3 is 10.3 Å². The molecule has 0 atom stereocenters. The maximum absolute atomic E-state index is 13.7. The molecular formula is C16H12F2N2O. The molecular weight excluding hydrogens is 274 g/mol. The van der Waals surface area contributed by atoms with Crippen LogP contribution in [-0.2, 0) is 0 Å². The lowest BCUT2D eigenvalue weighted by atomic mass is 10.2. The van der Waals surface area contributed by atoms with E-state index >= 15 is 0 Å². The highest BCUT2D eigenvalue weighted by Crippen LogP contribution is 2.19. The monoisotopic (exact) mass is 286 g/mol. The second kappa shape index (κ2) is 5.01. The van der Waals surface area contributed by atoms with Crippen molar-refractivity contribution in [1.29, 1.82) is 0 Å². The van der Waals surface area contributed by atoms with E-state index in [1.54, 1.807) is 19.1 Å². The lowest BCUT2D eigenvalue weighted by molar-refractivity contribution is 0.102. The van der Waals surface area contributed by atoms with E-state index in [1.807, 2.05) is 0 Å². The summed E-state index contributed by atoms with van der Waals surface area (Å²) in [6, 6.07) is 10.3. The van der Waals surface area contributed by atoms with Gasteiger partial charge in [0.25, 0.3) is 5.91 Å². The number of hydrogen-bond donors (Lipinski definition) is 2. The van der Waals surface area contributed by atoms with E-state index in [0.29, 0.717) is 10.9 Å². The fraction of sp³-hybridized carbons (Fsp3) is 0.0625. The topological polar surface area (TPSA) is 44.9 Å². The van der Waals surface area contributed by atoms with Gasteiger partial charge in [-0.25, -0.2) is 8.78 Å². The second-order valence-corrected chi connectivity index (χ2v) is 4.85.